The van der Waals surface area contributed by atoms with Crippen LogP contribution in [0.2, 0.25) is 0 Å². The Hall–Kier alpha value is -0.200. The normalized spacial score (nSPS) is 22.8. The Morgan fingerprint density at radius 3 is 3.13 bits per heavy atom. The van der Waals surface area contributed by atoms with E-state index < -0.39 is 0 Å². The van der Waals surface area contributed by atoms with Crippen molar-refractivity contribution in [2.45, 2.75) is 25.9 Å². The van der Waals surface area contributed by atoms with Crippen LogP contribution in [-0.4, -0.2) is 36.0 Å². The summed E-state index contributed by atoms with van der Waals surface area (Å²) >= 11 is 4.92. The van der Waals surface area contributed by atoms with Crippen molar-refractivity contribution >= 4 is 32.4 Å². The van der Waals surface area contributed by atoms with E-state index in [-0.39, 0.29) is 0 Å². The van der Waals surface area contributed by atoms with Gasteiger partial charge in [-0.3, -0.25) is 0 Å². The van der Waals surface area contributed by atoms with Crippen LogP contribution in [-0.2, 0) is 4.74 Å². The molecule has 1 aliphatic rings. The van der Waals surface area contributed by atoms with Gasteiger partial charge in [0.2, 0.25) is 5.13 Å². The van der Waals surface area contributed by atoms with Crippen molar-refractivity contribution in [2.75, 3.05) is 24.6 Å². The van der Waals surface area contributed by atoms with E-state index in [9.17, 15) is 0 Å². The van der Waals surface area contributed by atoms with Crippen molar-refractivity contribution in [1.29, 1.82) is 0 Å². The number of aromatic nitrogens is 2. The van der Waals surface area contributed by atoms with Gasteiger partial charge in [0, 0.05) is 19.7 Å². The average Bonchev–Trinajstić information content (AvgIpc) is 2.54. The highest BCUT2D eigenvalue weighted by molar-refractivity contribution is 9.11. The molecular weight excluding hydrogens is 278 g/mol. The van der Waals surface area contributed by atoms with Gasteiger partial charge in [-0.15, -0.1) is 10.2 Å². The minimum Gasteiger partial charge on any atom is -0.376 e. The van der Waals surface area contributed by atoms with Crippen molar-refractivity contribution in [2.24, 2.45) is 0 Å². The smallest absolute Gasteiger partial charge is 0.209 e. The molecule has 0 aromatic carbocycles. The quantitative estimate of drug-likeness (QED) is 0.838. The minimum atomic E-state index is 0.329. The summed E-state index contributed by atoms with van der Waals surface area (Å²) in [5, 5.41) is 9.11. The SMILES string of the molecule is CCC1CN(c2nnc(Br)s2)CCCO1. The van der Waals surface area contributed by atoms with E-state index >= 15 is 0 Å². The summed E-state index contributed by atoms with van der Waals surface area (Å²) in [5.74, 6) is 0. The predicted octanol–water partition coefficient (Wildman–Crippen LogP) is 2.31. The number of nitrogens with zero attached hydrogens (tertiary/aromatic N) is 3. The van der Waals surface area contributed by atoms with Crippen LogP contribution in [0.5, 0.6) is 0 Å². The average molecular weight is 292 g/mol. The van der Waals surface area contributed by atoms with Gasteiger partial charge in [0.15, 0.2) is 3.92 Å². The summed E-state index contributed by atoms with van der Waals surface area (Å²) in [5.41, 5.74) is 0. The van der Waals surface area contributed by atoms with Crippen molar-refractivity contribution in [3.63, 3.8) is 0 Å². The molecule has 4 nitrogen and oxygen atoms in total. The fourth-order valence-electron chi connectivity index (χ4n) is 1.64. The lowest BCUT2D eigenvalue weighted by Crippen LogP contribution is -2.31. The van der Waals surface area contributed by atoms with Crippen molar-refractivity contribution in [1.82, 2.24) is 10.2 Å². The van der Waals surface area contributed by atoms with Gasteiger partial charge in [-0.1, -0.05) is 18.3 Å². The molecule has 2 rings (SSSR count). The Kier molecular flexibility index (Phi) is 3.93. The molecule has 0 aliphatic carbocycles. The van der Waals surface area contributed by atoms with Crippen molar-refractivity contribution in [3.8, 4) is 0 Å². The number of halogens is 1. The van der Waals surface area contributed by atoms with Crippen LogP contribution in [0.1, 0.15) is 19.8 Å². The Morgan fingerprint density at radius 1 is 1.60 bits per heavy atom. The third-order valence-electron chi connectivity index (χ3n) is 2.47. The summed E-state index contributed by atoms with van der Waals surface area (Å²) in [4.78, 5) is 2.27. The summed E-state index contributed by atoms with van der Waals surface area (Å²) in [6.07, 6.45) is 2.44. The topological polar surface area (TPSA) is 38.2 Å². The zero-order chi connectivity index (χ0) is 10.7. The number of anilines is 1. The molecule has 1 unspecified atom stereocenters. The molecule has 0 amide bonds. The largest absolute Gasteiger partial charge is 0.376 e. The van der Waals surface area contributed by atoms with Gasteiger partial charge in [-0.25, -0.2) is 0 Å². The third-order valence-corrected chi connectivity index (χ3v) is 3.88. The monoisotopic (exact) mass is 291 g/mol. The Bertz CT molecular complexity index is 320. The van der Waals surface area contributed by atoms with E-state index in [1.54, 1.807) is 11.3 Å². The van der Waals surface area contributed by atoms with Gasteiger partial charge in [-0.05, 0) is 28.8 Å². The fourth-order valence-corrected chi connectivity index (χ4v) is 2.76. The second-order valence-electron chi connectivity index (χ2n) is 3.54. The van der Waals surface area contributed by atoms with E-state index in [0.29, 0.717) is 6.10 Å². The van der Waals surface area contributed by atoms with E-state index in [1.165, 1.54) is 0 Å². The number of ether oxygens (including phenoxy) is 1. The van der Waals surface area contributed by atoms with E-state index in [1.807, 2.05) is 0 Å². The first-order valence-electron chi connectivity index (χ1n) is 5.15. The molecule has 1 aromatic heterocycles. The molecule has 0 spiro atoms. The third kappa shape index (κ3) is 2.89. The highest BCUT2D eigenvalue weighted by Crippen LogP contribution is 2.25. The van der Waals surface area contributed by atoms with Crippen LogP contribution < -0.4 is 4.90 Å². The minimum absolute atomic E-state index is 0.329. The Morgan fingerprint density at radius 2 is 2.47 bits per heavy atom. The lowest BCUT2D eigenvalue weighted by atomic mass is 10.2. The van der Waals surface area contributed by atoms with Gasteiger partial charge < -0.3 is 9.64 Å². The maximum absolute atomic E-state index is 5.71. The zero-order valence-corrected chi connectivity index (χ0v) is 11.1. The molecule has 1 fully saturated rings. The van der Waals surface area contributed by atoms with Crippen LogP contribution in [0, 0.1) is 0 Å². The van der Waals surface area contributed by atoms with E-state index in [0.717, 1.165) is 41.6 Å². The molecule has 0 N–H and O–H groups in total. The number of hydrogen-bond acceptors (Lipinski definition) is 5. The second-order valence-corrected chi connectivity index (χ2v) is 5.77. The van der Waals surface area contributed by atoms with Crippen LogP contribution in [0.15, 0.2) is 3.92 Å². The van der Waals surface area contributed by atoms with Gasteiger partial charge in [0.1, 0.15) is 0 Å². The van der Waals surface area contributed by atoms with Gasteiger partial charge >= 0.3 is 0 Å². The van der Waals surface area contributed by atoms with Crippen LogP contribution in [0.3, 0.4) is 0 Å². The maximum atomic E-state index is 5.71. The molecule has 1 aromatic rings. The molecule has 2 heterocycles. The molecular formula is C9H14BrN3OS. The first kappa shape index (κ1) is 11.3. The van der Waals surface area contributed by atoms with Gasteiger partial charge in [0.05, 0.1) is 6.10 Å². The maximum Gasteiger partial charge on any atom is 0.209 e. The first-order chi connectivity index (χ1) is 7.29. The lowest BCUT2D eigenvalue weighted by Gasteiger charge is -2.21. The lowest BCUT2D eigenvalue weighted by molar-refractivity contribution is 0.0664. The second kappa shape index (κ2) is 5.23. The van der Waals surface area contributed by atoms with Crippen molar-refractivity contribution < 1.29 is 4.74 Å². The fraction of sp³-hybridized carbons (Fsp3) is 0.778. The summed E-state index contributed by atoms with van der Waals surface area (Å²) in [7, 11) is 0. The van der Waals surface area contributed by atoms with Gasteiger partial charge in [-0.2, -0.15) is 0 Å². The molecule has 0 radical (unpaired) electrons. The Labute approximate surface area is 102 Å². The zero-order valence-electron chi connectivity index (χ0n) is 8.65. The molecule has 15 heavy (non-hydrogen) atoms. The van der Waals surface area contributed by atoms with Crippen LogP contribution >= 0.6 is 27.3 Å². The predicted molar refractivity (Wildman–Crippen MR) is 64.5 cm³/mol. The van der Waals surface area contributed by atoms with Gasteiger partial charge in [0.25, 0.3) is 0 Å². The summed E-state index contributed by atoms with van der Waals surface area (Å²) < 4.78 is 6.56. The van der Waals surface area contributed by atoms with Crippen LogP contribution in [0.4, 0.5) is 5.13 Å². The first-order valence-corrected chi connectivity index (χ1v) is 6.76. The molecule has 0 saturated carbocycles. The number of hydrogen-bond donors (Lipinski definition) is 0. The van der Waals surface area contributed by atoms with Crippen molar-refractivity contribution in [3.05, 3.63) is 3.92 Å². The Balaban J connectivity index is 2.07. The molecule has 1 saturated heterocycles. The summed E-state index contributed by atoms with van der Waals surface area (Å²) in [6.45, 7) is 4.95. The van der Waals surface area contributed by atoms with Crippen LogP contribution in [0.25, 0.3) is 0 Å². The molecule has 0 bridgehead atoms. The highest BCUT2D eigenvalue weighted by atomic mass is 79.9. The molecule has 1 atom stereocenters. The standard InChI is InChI=1S/C9H14BrN3OS/c1-2-7-6-13(4-3-5-14-7)9-12-11-8(10)15-9/h7H,2-6H2,1H3. The number of rotatable bonds is 2. The molecule has 1 aliphatic heterocycles. The highest BCUT2D eigenvalue weighted by Gasteiger charge is 2.19. The molecule has 6 heteroatoms. The summed E-state index contributed by atoms with van der Waals surface area (Å²) in [6, 6.07) is 0. The van der Waals surface area contributed by atoms with E-state index in [2.05, 4.69) is 38.0 Å². The molecule has 84 valence electrons. The van der Waals surface area contributed by atoms with E-state index in [4.69, 9.17) is 4.74 Å².